The van der Waals surface area contributed by atoms with E-state index >= 15 is 0 Å². The SMILES string of the molecule is CN1C(=O)COc2ccc(-c3ccc(C[C@@H](C#N)NC(=O)[C@@H]4CNCO4)cc3)c(C(F)(F)F)c21. The van der Waals surface area contributed by atoms with E-state index in [4.69, 9.17) is 9.47 Å². The van der Waals surface area contributed by atoms with Crippen LogP contribution in [0, 0.1) is 11.3 Å². The number of hydrogen-bond acceptors (Lipinski definition) is 6. The van der Waals surface area contributed by atoms with Crippen molar-refractivity contribution >= 4 is 17.5 Å². The maximum atomic E-state index is 14.1. The third-order valence-electron chi connectivity index (χ3n) is 5.67. The van der Waals surface area contributed by atoms with Crippen molar-refractivity contribution in [2.75, 3.05) is 31.8 Å². The molecule has 34 heavy (non-hydrogen) atoms. The van der Waals surface area contributed by atoms with Crippen LogP contribution in [-0.4, -0.2) is 50.9 Å². The summed E-state index contributed by atoms with van der Waals surface area (Å²) in [5.41, 5.74) is -0.433. The Hall–Kier alpha value is -3.62. The van der Waals surface area contributed by atoms with Crippen molar-refractivity contribution in [3.8, 4) is 22.9 Å². The lowest BCUT2D eigenvalue weighted by Gasteiger charge is -2.30. The highest BCUT2D eigenvalue weighted by Gasteiger charge is 2.41. The number of ether oxygens (including phenoxy) is 2. The van der Waals surface area contributed by atoms with Gasteiger partial charge in [-0.25, -0.2) is 0 Å². The lowest BCUT2D eigenvalue weighted by atomic mass is 9.94. The van der Waals surface area contributed by atoms with Gasteiger partial charge in [0.15, 0.2) is 6.61 Å². The molecule has 2 aliphatic rings. The van der Waals surface area contributed by atoms with Crippen molar-refractivity contribution < 1.29 is 32.2 Å². The zero-order valence-corrected chi connectivity index (χ0v) is 18.1. The van der Waals surface area contributed by atoms with Gasteiger partial charge in [-0.15, -0.1) is 0 Å². The number of rotatable bonds is 5. The van der Waals surface area contributed by atoms with Gasteiger partial charge in [-0.2, -0.15) is 18.4 Å². The summed E-state index contributed by atoms with van der Waals surface area (Å²) < 4.78 is 52.7. The molecule has 8 nitrogen and oxygen atoms in total. The normalized spacial score (nSPS) is 18.6. The second-order valence-corrected chi connectivity index (χ2v) is 7.92. The van der Waals surface area contributed by atoms with Crippen LogP contribution in [-0.2, 0) is 26.9 Å². The number of carbonyl (C=O) groups is 2. The highest BCUT2D eigenvalue weighted by Crippen LogP contribution is 2.48. The average molecular weight is 474 g/mol. The van der Waals surface area contributed by atoms with Crippen LogP contribution in [0.3, 0.4) is 0 Å². The fourth-order valence-corrected chi connectivity index (χ4v) is 3.94. The number of likely N-dealkylation sites (N-methyl/N-ethyl adjacent to an activating group) is 1. The number of carbonyl (C=O) groups excluding carboxylic acids is 2. The fraction of sp³-hybridized carbons (Fsp3) is 0.348. The van der Waals surface area contributed by atoms with Gasteiger partial charge in [0.2, 0.25) is 0 Å². The number of hydrogen-bond donors (Lipinski definition) is 2. The number of alkyl halides is 3. The zero-order chi connectivity index (χ0) is 24.5. The Bertz CT molecular complexity index is 1140. The molecule has 178 valence electrons. The van der Waals surface area contributed by atoms with Crippen LogP contribution in [0.15, 0.2) is 36.4 Å². The van der Waals surface area contributed by atoms with E-state index in [2.05, 4.69) is 10.6 Å². The summed E-state index contributed by atoms with van der Waals surface area (Å²) in [6, 6.07) is 10.1. The Morgan fingerprint density at radius 2 is 2.03 bits per heavy atom. The van der Waals surface area contributed by atoms with Crippen molar-refractivity contribution in [2.45, 2.75) is 24.7 Å². The number of anilines is 1. The quantitative estimate of drug-likeness (QED) is 0.689. The van der Waals surface area contributed by atoms with Gasteiger partial charge in [-0.3, -0.25) is 14.9 Å². The molecule has 0 spiro atoms. The molecule has 1 fully saturated rings. The summed E-state index contributed by atoms with van der Waals surface area (Å²) in [5.74, 6) is -0.990. The molecule has 2 aromatic rings. The standard InChI is InChI=1S/C23H21F3N4O4/c1-30-19(31)11-33-17-7-6-16(20(21(17)30)23(24,25)26)14-4-2-13(3-5-14)8-15(9-27)29-22(32)18-10-28-12-34-18/h2-7,15,18,28H,8,10-12H2,1H3,(H,29,32)/t15-,18-/m0/s1. The molecular formula is C23H21F3N4O4. The monoisotopic (exact) mass is 474 g/mol. The Balaban J connectivity index is 1.59. The number of fused-ring (bicyclic) bond motifs is 1. The van der Waals surface area contributed by atoms with Crippen LogP contribution < -0.4 is 20.3 Å². The van der Waals surface area contributed by atoms with Gasteiger partial charge < -0.3 is 19.7 Å². The topological polar surface area (TPSA) is 104 Å². The minimum atomic E-state index is -4.73. The predicted octanol–water partition coefficient (Wildman–Crippen LogP) is 2.22. The number of nitriles is 1. The molecule has 2 heterocycles. The van der Waals surface area contributed by atoms with E-state index < -0.39 is 35.7 Å². The van der Waals surface area contributed by atoms with E-state index in [9.17, 15) is 28.0 Å². The fourth-order valence-electron chi connectivity index (χ4n) is 3.94. The second-order valence-electron chi connectivity index (χ2n) is 7.92. The van der Waals surface area contributed by atoms with E-state index in [-0.39, 0.29) is 42.3 Å². The molecule has 11 heteroatoms. The van der Waals surface area contributed by atoms with E-state index in [0.29, 0.717) is 12.1 Å². The molecule has 0 saturated carbocycles. The van der Waals surface area contributed by atoms with Crippen LogP contribution in [0.2, 0.25) is 0 Å². The van der Waals surface area contributed by atoms with E-state index in [1.807, 2.05) is 6.07 Å². The molecule has 0 unspecified atom stereocenters. The van der Waals surface area contributed by atoms with Crippen molar-refractivity contribution in [1.29, 1.82) is 5.26 Å². The molecule has 0 radical (unpaired) electrons. The van der Waals surface area contributed by atoms with Gasteiger partial charge in [0.1, 0.15) is 17.9 Å². The van der Waals surface area contributed by atoms with Gasteiger partial charge >= 0.3 is 6.18 Å². The van der Waals surface area contributed by atoms with Crippen molar-refractivity contribution in [2.24, 2.45) is 0 Å². The minimum Gasteiger partial charge on any atom is -0.482 e. The lowest BCUT2D eigenvalue weighted by Crippen LogP contribution is -2.43. The van der Waals surface area contributed by atoms with Crippen molar-refractivity contribution in [3.63, 3.8) is 0 Å². The Labute approximate surface area is 193 Å². The summed E-state index contributed by atoms with van der Waals surface area (Å²) >= 11 is 0. The number of nitrogens with zero attached hydrogens (tertiary/aromatic N) is 2. The van der Waals surface area contributed by atoms with Crippen LogP contribution in [0.25, 0.3) is 11.1 Å². The largest absolute Gasteiger partial charge is 0.482 e. The van der Waals surface area contributed by atoms with E-state index in [1.54, 1.807) is 12.1 Å². The maximum absolute atomic E-state index is 14.1. The molecule has 2 N–H and O–H groups in total. The first-order valence-electron chi connectivity index (χ1n) is 10.4. The molecule has 2 aliphatic heterocycles. The zero-order valence-electron chi connectivity index (χ0n) is 18.1. The maximum Gasteiger partial charge on any atom is 0.419 e. The highest BCUT2D eigenvalue weighted by atomic mass is 19.4. The van der Waals surface area contributed by atoms with Gasteiger partial charge in [-0.05, 0) is 28.8 Å². The van der Waals surface area contributed by atoms with Crippen LogP contribution in [0.5, 0.6) is 5.75 Å². The number of benzene rings is 2. The first-order valence-corrected chi connectivity index (χ1v) is 10.4. The number of nitrogens with one attached hydrogen (secondary N) is 2. The number of halogens is 3. The van der Waals surface area contributed by atoms with Gasteiger partial charge in [-0.1, -0.05) is 24.3 Å². The van der Waals surface area contributed by atoms with Crippen molar-refractivity contribution in [3.05, 3.63) is 47.5 Å². The van der Waals surface area contributed by atoms with Crippen LogP contribution in [0.4, 0.5) is 18.9 Å². The second kappa shape index (κ2) is 9.32. The molecule has 0 aromatic heterocycles. The smallest absolute Gasteiger partial charge is 0.419 e. The highest BCUT2D eigenvalue weighted by molar-refractivity contribution is 6.00. The third kappa shape index (κ3) is 4.69. The Kier molecular flexibility index (Phi) is 6.45. The summed E-state index contributed by atoms with van der Waals surface area (Å²) in [4.78, 5) is 25.1. The molecule has 4 rings (SSSR count). The lowest BCUT2D eigenvalue weighted by molar-refractivity contribution is -0.137. The molecule has 0 bridgehead atoms. The van der Waals surface area contributed by atoms with E-state index in [1.165, 1.54) is 31.3 Å². The van der Waals surface area contributed by atoms with Gasteiger partial charge in [0.25, 0.3) is 11.8 Å². The Morgan fingerprint density at radius 3 is 2.65 bits per heavy atom. The summed E-state index contributed by atoms with van der Waals surface area (Å²) in [6.07, 6.45) is -5.23. The first kappa shape index (κ1) is 23.5. The predicted molar refractivity (Wildman–Crippen MR) is 115 cm³/mol. The molecule has 2 amide bonds. The number of amides is 2. The molecular weight excluding hydrogens is 453 g/mol. The minimum absolute atomic E-state index is 0.0103. The molecule has 2 aromatic carbocycles. The van der Waals surface area contributed by atoms with Crippen molar-refractivity contribution in [1.82, 2.24) is 10.6 Å². The summed E-state index contributed by atoms with van der Waals surface area (Å²) in [7, 11) is 1.29. The first-order chi connectivity index (χ1) is 16.2. The summed E-state index contributed by atoms with van der Waals surface area (Å²) in [6.45, 7) is 0.289. The molecule has 2 atom stereocenters. The Morgan fingerprint density at radius 1 is 1.29 bits per heavy atom. The third-order valence-corrected chi connectivity index (χ3v) is 5.67. The van der Waals surface area contributed by atoms with E-state index in [0.717, 1.165) is 4.90 Å². The summed E-state index contributed by atoms with van der Waals surface area (Å²) in [5, 5.41) is 14.9. The van der Waals surface area contributed by atoms with Gasteiger partial charge in [0, 0.05) is 20.0 Å². The van der Waals surface area contributed by atoms with Gasteiger partial charge in [0.05, 0.1) is 24.1 Å². The van der Waals surface area contributed by atoms with Crippen LogP contribution in [0.1, 0.15) is 11.1 Å². The molecule has 0 aliphatic carbocycles. The van der Waals surface area contributed by atoms with Crippen LogP contribution >= 0.6 is 0 Å². The molecule has 1 saturated heterocycles. The average Bonchev–Trinajstić information content (AvgIpc) is 3.35.